The third-order valence-corrected chi connectivity index (χ3v) is 7.32. The number of hydrogen-bond donors (Lipinski definition) is 3. The Morgan fingerprint density at radius 1 is 1.05 bits per heavy atom. The normalized spacial score (nSPS) is 11.1. The minimum absolute atomic E-state index is 0.0273. The van der Waals surface area contributed by atoms with E-state index in [0.717, 1.165) is 22.7 Å². The number of amides is 2. The number of nitrogens with zero attached hydrogens (tertiary/aromatic N) is 3. The lowest BCUT2D eigenvalue weighted by atomic mass is 10.1. The van der Waals surface area contributed by atoms with Crippen molar-refractivity contribution < 1.29 is 9.59 Å². The summed E-state index contributed by atoms with van der Waals surface area (Å²) in [6, 6.07) is 12.5. The van der Waals surface area contributed by atoms with E-state index in [9.17, 15) is 9.59 Å². The van der Waals surface area contributed by atoms with Crippen LogP contribution in [0.2, 0.25) is 5.02 Å². The number of thioether (sulfide) groups is 1. The van der Waals surface area contributed by atoms with Gasteiger partial charge in [-0.05, 0) is 48.7 Å². The monoisotopic (exact) mass is 606 g/mol. The maximum Gasteiger partial charge on any atom is 0.255 e. The first kappa shape index (κ1) is 29.1. The summed E-state index contributed by atoms with van der Waals surface area (Å²) in [5.74, 6) is 1.99. The standard InChI is InChI=1S/C27H29Cl3N6O2S/c1-35-16-19(31-25(37)7-12-39-2)15-24(35)26-33-21-5-3-17(13-22(21)34-26)27(38)32-18-4-6-23(20(30)14-18)36(10-8-28)11-9-29/h3-6,13-16H,7-12H2,1-2H3,(H,31,37)(H,32,38)(H,33,34). The van der Waals surface area contributed by atoms with Crippen LogP contribution in [0.15, 0.2) is 48.7 Å². The minimum atomic E-state index is -0.280. The van der Waals surface area contributed by atoms with Crippen LogP contribution in [-0.2, 0) is 11.8 Å². The second-order valence-electron chi connectivity index (χ2n) is 8.82. The van der Waals surface area contributed by atoms with Gasteiger partial charge in [-0.25, -0.2) is 4.98 Å². The molecule has 2 heterocycles. The molecular formula is C27H29Cl3N6O2S. The Bertz CT molecular complexity index is 1470. The van der Waals surface area contributed by atoms with E-state index in [-0.39, 0.29) is 11.8 Å². The molecule has 0 aliphatic rings. The van der Waals surface area contributed by atoms with Crippen LogP contribution in [-0.4, -0.2) is 63.2 Å². The van der Waals surface area contributed by atoms with Crippen molar-refractivity contribution in [2.75, 3.05) is 52.4 Å². The smallest absolute Gasteiger partial charge is 0.255 e. The summed E-state index contributed by atoms with van der Waals surface area (Å²) in [4.78, 5) is 35.1. The first-order valence-electron chi connectivity index (χ1n) is 12.3. The molecule has 2 aromatic carbocycles. The van der Waals surface area contributed by atoms with Gasteiger partial charge in [-0.1, -0.05) is 11.6 Å². The Kier molecular flexibility index (Phi) is 10.1. The summed E-state index contributed by atoms with van der Waals surface area (Å²) in [5.41, 5.74) is 4.80. The predicted octanol–water partition coefficient (Wildman–Crippen LogP) is 6.45. The van der Waals surface area contributed by atoms with Crippen molar-refractivity contribution in [3.8, 4) is 11.5 Å². The van der Waals surface area contributed by atoms with E-state index < -0.39 is 0 Å². The quantitative estimate of drug-likeness (QED) is 0.161. The number of rotatable bonds is 12. The van der Waals surface area contributed by atoms with Gasteiger partial charge in [0.2, 0.25) is 5.91 Å². The van der Waals surface area contributed by atoms with Crippen molar-refractivity contribution >= 4 is 86.5 Å². The first-order chi connectivity index (χ1) is 18.8. The maximum absolute atomic E-state index is 13.0. The van der Waals surface area contributed by atoms with Crippen LogP contribution in [0.3, 0.4) is 0 Å². The number of H-pyrrole nitrogens is 1. The number of carbonyl (C=O) groups excluding carboxylic acids is 2. The van der Waals surface area contributed by atoms with Gasteiger partial charge in [0, 0.05) is 61.5 Å². The minimum Gasteiger partial charge on any atom is -0.368 e. The molecular weight excluding hydrogens is 579 g/mol. The molecule has 0 saturated heterocycles. The molecule has 4 rings (SSSR count). The van der Waals surface area contributed by atoms with Crippen LogP contribution in [0.5, 0.6) is 0 Å². The SMILES string of the molecule is CSCCC(=O)Nc1cc(-c2nc3cc(C(=O)Nc4ccc(N(CCCl)CCCl)c(Cl)c4)ccc3[nH]2)n(C)c1. The number of halogens is 3. The van der Waals surface area contributed by atoms with E-state index in [1.807, 2.05) is 47.2 Å². The summed E-state index contributed by atoms with van der Waals surface area (Å²) in [7, 11) is 1.89. The van der Waals surface area contributed by atoms with Gasteiger partial charge in [0.1, 0.15) is 0 Å². The van der Waals surface area contributed by atoms with Gasteiger partial charge in [0.05, 0.1) is 33.1 Å². The highest BCUT2D eigenvalue weighted by molar-refractivity contribution is 7.98. The van der Waals surface area contributed by atoms with E-state index in [1.54, 1.807) is 36.0 Å². The van der Waals surface area contributed by atoms with Crippen molar-refractivity contribution in [1.29, 1.82) is 0 Å². The number of aromatic amines is 1. The summed E-state index contributed by atoms with van der Waals surface area (Å²) >= 11 is 20.0. The number of aryl methyl sites for hydroxylation is 1. The highest BCUT2D eigenvalue weighted by Crippen LogP contribution is 2.30. The number of nitrogens with one attached hydrogen (secondary N) is 3. The average molecular weight is 608 g/mol. The number of benzene rings is 2. The van der Waals surface area contributed by atoms with Crippen molar-refractivity contribution in [3.05, 3.63) is 59.2 Å². The number of anilines is 3. The van der Waals surface area contributed by atoms with Gasteiger partial charge in [-0.2, -0.15) is 11.8 Å². The van der Waals surface area contributed by atoms with Crippen molar-refractivity contribution in [3.63, 3.8) is 0 Å². The fraction of sp³-hybridized carbons (Fsp3) is 0.296. The van der Waals surface area contributed by atoms with Crippen LogP contribution in [0, 0.1) is 0 Å². The molecule has 3 N–H and O–H groups in total. The Balaban J connectivity index is 1.49. The molecule has 0 spiro atoms. The van der Waals surface area contributed by atoms with Crippen LogP contribution in [0.4, 0.5) is 17.1 Å². The van der Waals surface area contributed by atoms with Gasteiger partial charge < -0.3 is 25.1 Å². The molecule has 0 unspecified atom stereocenters. The molecule has 0 radical (unpaired) electrons. The number of alkyl halides is 2. The third kappa shape index (κ3) is 7.22. The van der Waals surface area contributed by atoms with Crippen molar-refractivity contribution in [2.45, 2.75) is 6.42 Å². The summed E-state index contributed by atoms with van der Waals surface area (Å²) in [6.45, 7) is 1.23. The van der Waals surface area contributed by atoms with Crippen LogP contribution >= 0.6 is 46.6 Å². The molecule has 39 heavy (non-hydrogen) atoms. The predicted molar refractivity (Wildman–Crippen MR) is 165 cm³/mol. The van der Waals surface area contributed by atoms with E-state index in [0.29, 0.717) is 64.6 Å². The second-order valence-corrected chi connectivity index (χ2v) is 11.0. The van der Waals surface area contributed by atoms with Gasteiger partial charge in [0.25, 0.3) is 5.91 Å². The molecule has 206 valence electrons. The highest BCUT2D eigenvalue weighted by Gasteiger charge is 2.15. The number of fused-ring (bicyclic) bond motifs is 1. The number of aromatic nitrogens is 3. The lowest BCUT2D eigenvalue weighted by Gasteiger charge is -2.24. The van der Waals surface area contributed by atoms with Gasteiger partial charge in [-0.3, -0.25) is 9.59 Å². The molecule has 4 aromatic rings. The highest BCUT2D eigenvalue weighted by atomic mass is 35.5. The Morgan fingerprint density at radius 3 is 2.51 bits per heavy atom. The summed E-state index contributed by atoms with van der Waals surface area (Å²) in [5, 5.41) is 6.32. The van der Waals surface area contributed by atoms with Gasteiger partial charge >= 0.3 is 0 Å². The zero-order valence-electron chi connectivity index (χ0n) is 21.6. The topological polar surface area (TPSA) is 95.1 Å². The third-order valence-electron chi connectivity index (χ3n) is 6.06. The number of imidazole rings is 1. The van der Waals surface area contributed by atoms with E-state index >= 15 is 0 Å². The molecule has 0 fully saturated rings. The number of hydrogen-bond acceptors (Lipinski definition) is 5. The van der Waals surface area contributed by atoms with Crippen LogP contribution in [0.25, 0.3) is 22.6 Å². The zero-order valence-corrected chi connectivity index (χ0v) is 24.6. The zero-order chi connectivity index (χ0) is 27.9. The first-order valence-corrected chi connectivity index (χ1v) is 15.1. The van der Waals surface area contributed by atoms with Gasteiger partial charge in [0.15, 0.2) is 5.82 Å². The summed E-state index contributed by atoms with van der Waals surface area (Å²) < 4.78 is 1.89. The molecule has 8 nitrogen and oxygen atoms in total. The maximum atomic E-state index is 13.0. The van der Waals surface area contributed by atoms with E-state index in [2.05, 4.69) is 15.6 Å². The molecule has 0 bridgehead atoms. The average Bonchev–Trinajstić information content (AvgIpc) is 3.49. The Labute approximate surface area is 246 Å². The fourth-order valence-electron chi connectivity index (χ4n) is 4.16. The lowest BCUT2D eigenvalue weighted by Crippen LogP contribution is -2.27. The van der Waals surface area contributed by atoms with Crippen LogP contribution in [0.1, 0.15) is 16.8 Å². The molecule has 0 atom stereocenters. The Hall–Kier alpha value is -2.85. The fourth-order valence-corrected chi connectivity index (χ4v) is 5.25. The van der Waals surface area contributed by atoms with Crippen molar-refractivity contribution in [2.24, 2.45) is 7.05 Å². The Morgan fingerprint density at radius 2 is 1.82 bits per heavy atom. The molecule has 2 aromatic heterocycles. The van der Waals surface area contributed by atoms with Crippen LogP contribution < -0.4 is 15.5 Å². The lowest BCUT2D eigenvalue weighted by molar-refractivity contribution is -0.115. The number of carbonyl (C=O) groups is 2. The van der Waals surface area contributed by atoms with E-state index in [1.165, 1.54) is 0 Å². The second kappa shape index (κ2) is 13.5. The largest absolute Gasteiger partial charge is 0.368 e. The molecule has 0 aliphatic heterocycles. The van der Waals surface area contributed by atoms with Gasteiger partial charge in [-0.15, -0.1) is 23.2 Å². The molecule has 0 saturated carbocycles. The molecule has 2 amide bonds. The summed E-state index contributed by atoms with van der Waals surface area (Å²) in [6.07, 6.45) is 4.27. The van der Waals surface area contributed by atoms with Crippen molar-refractivity contribution in [1.82, 2.24) is 14.5 Å². The molecule has 12 heteroatoms. The van der Waals surface area contributed by atoms with E-state index in [4.69, 9.17) is 39.8 Å². The molecule has 0 aliphatic carbocycles.